The molecule has 2 nitrogen and oxygen atoms in total. The summed E-state index contributed by atoms with van der Waals surface area (Å²) in [7, 11) is 1.37. The number of pyridine rings is 1. The van der Waals surface area contributed by atoms with Crippen LogP contribution in [0.5, 0.6) is 5.88 Å². The van der Waals surface area contributed by atoms with Gasteiger partial charge in [-0.2, -0.15) is 0 Å². The summed E-state index contributed by atoms with van der Waals surface area (Å²) in [5.74, 6) is 0.326. The number of nitrogens with zero attached hydrogens (tertiary/aromatic N) is 1. The van der Waals surface area contributed by atoms with E-state index in [0.29, 0.717) is 5.56 Å². The van der Waals surface area contributed by atoms with Crippen LogP contribution in [0, 0.1) is 0 Å². The zero-order valence-electron chi connectivity index (χ0n) is 6.93. The van der Waals surface area contributed by atoms with Gasteiger partial charge >= 0.3 is 0 Å². The van der Waals surface area contributed by atoms with E-state index in [1.165, 1.54) is 19.2 Å². The van der Waals surface area contributed by atoms with Crippen LogP contribution in [0.4, 0.5) is 8.78 Å². The molecule has 0 amide bonds. The van der Waals surface area contributed by atoms with E-state index >= 15 is 0 Å². The van der Waals surface area contributed by atoms with E-state index in [-0.39, 0.29) is 17.5 Å². The van der Waals surface area contributed by atoms with Gasteiger partial charge in [0.25, 0.3) is 6.43 Å². The first-order valence-corrected chi connectivity index (χ1v) is 4.09. The van der Waals surface area contributed by atoms with E-state index in [9.17, 15) is 8.78 Å². The Morgan fingerprint density at radius 2 is 2.23 bits per heavy atom. The minimum Gasteiger partial charge on any atom is -0.481 e. The van der Waals surface area contributed by atoms with Crippen molar-refractivity contribution >= 4 is 11.6 Å². The monoisotopic (exact) mass is 207 g/mol. The van der Waals surface area contributed by atoms with Gasteiger partial charge < -0.3 is 4.74 Å². The molecule has 0 spiro atoms. The second kappa shape index (κ2) is 4.37. The first-order chi connectivity index (χ1) is 6.17. The molecule has 0 aliphatic heterocycles. The van der Waals surface area contributed by atoms with Crippen LogP contribution in [-0.2, 0) is 5.88 Å². The Morgan fingerprint density at radius 1 is 1.54 bits per heavy atom. The number of aromatic nitrogens is 1. The van der Waals surface area contributed by atoms with Crippen molar-refractivity contribution in [1.29, 1.82) is 0 Å². The van der Waals surface area contributed by atoms with Crippen molar-refractivity contribution in [1.82, 2.24) is 4.98 Å². The summed E-state index contributed by atoms with van der Waals surface area (Å²) in [5, 5.41) is 0. The molecule has 1 aromatic heterocycles. The highest BCUT2D eigenvalue weighted by Gasteiger charge is 2.11. The first-order valence-electron chi connectivity index (χ1n) is 3.56. The molecule has 72 valence electrons. The summed E-state index contributed by atoms with van der Waals surface area (Å²) in [5.41, 5.74) is 0.263. The zero-order chi connectivity index (χ0) is 9.84. The van der Waals surface area contributed by atoms with E-state index in [0.717, 1.165) is 0 Å². The SMILES string of the molecule is COc1cc(CCl)cc(C(F)F)n1. The Kier molecular flexibility index (Phi) is 3.42. The van der Waals surface area contributed by atoms with Gasteiger partial charge in [0.1, 0.15) is 5.69 Å². The van der Waals surface area contributed by atoms with E-state index in [1.54, 1.807) is 0 Å². The molecule has 0 saturated heterocycles. The molecule has 0 fully saturated rings. The number of alkyl halides is 3. The van der Waals surface area contributed by atoms with Crippen LogP contribution in [0.25, 0.3) is 0 Å². The van der Waals surface area contributed by atoms with Crippen LogP contribution in [0.3, 0.4) is 0 Å². The Bertz CT molecular complexity index is 271. The van der Waals surface area contributed by atoms with Crippen molar-refractivity contribution in [2.45, 2.75) is 12.3 Å². The van der Waals surface area contributed by atoms with Gasteiger partial charge in [-0.05, 0) is 11.6 Å². The maximum atomic E-state index is 12.2. The van der Waals surface area contributed by atoms with Crippen LogP contribution in [0.2, 0.25) is 0 Å². The van der Waals surface area contributed by atoms with E-state index < -0.39 is 6.43 Å². The Labute approximate surface area is 79.5 Å². The lowest BCUT2D eigenvalue weighted by atomic mass is 10.2. The van der Waals surface area contributed by atoms with Gasteiger partial charge in [0.2, 0.25) is 5.88 Å². The Balaban J connectivity index is 3.07. The second-order valence-corrected chi connectivity index (χ2v) is 2.64. The van der Waals surface area contributed by atoms with Gasteiger partial charge in [-0.25, -0.2) is 13.8 Å². The maximum absolute atomic E-state index is 12.2. The predicted octanol–water partition coefficient (Wildman–Crippen LogP) is 2.77. The largest absolute Gasteiger partial charge is 0.481 e. The molecule has 1 rings (SSSR count). The third kappa shape index (κ3) is 2.52. The van der Waals surface area contributed by atoms with Crippen molar-refractivity contribution in [3.8, 4) is 5.88 Å². The van der Waals surface area contributed by atoms with Gasteiger partial charge in [0.05, 0.1) is 7.11 Å². The summed E-state index contributed by atoms with van der Waals surface area (Å²) < 4.78 is 29.2. The average molecular weight is 208 g/mol. The number of ether oxygens (including phenoxy) is 1. The van der Waals surface area contributed by atoms with E-state index in [2.05, 4.69) is 4.98 Å². The second-order valence-electron chi connectivity index (χ2n) is 2.38. The lowest BCUT2D eigenvalue weighted by Crippen LogP contribution is -1.96. The predicted molar refractivity (Wildman–Crippen MR) is 45.3 cm³/mol. The molecule has 0 bridgehead atoms. The quantitative estimate of drug-likeness (QED) is 0.711. The third-order valence-electron chi connectivity index (χ3n) is 1.47. The summed E-state index contributed by atoms with van der Waals surface area (Å²) in [6.45, 7) is 0. The number of halogens is 3. The van der Waals surface area contributed by atoms with Crippen LogP contribution in [-0.4, -0.2) is 12.1 Å². The normalized spacial score (nSPS) is 10.5. The molecule has 0 aromatic carbocycles. The summed E-state index contributed by atoms with van der Waals surface area (Å²) in [4.78, 5) is 3.57. The number of hydrogen-bond acceptors (Lipinski definition) is 2. The third-order valence-corrected chi connectivity index (χ3v) is 1.78. The molecule has 0 N–H and O–H groups in total. The van der Waals surface area contributed by atoms with Crippen molar-refractivity contribution in [2.24, 2.45) is 0 Å². The smallest absolute Gasteiger partial charge is 0.280 e. The lowest BCUT2D eigenvalue weighted by Gasteiger charge is -2.05. The van der Waals surface area contributed by atoms with Crippen molar-refractivity contribution in [3.63, 3.8) is 0 Å². The van der Waals surface area contributed by atoms with Gasteiger partial charge in [-0.3, -0.25) is 0 Å². The topological polar surface area (TPSA) is 22.1 Å². The van der Waals surface area contributed by atoms with Crippen LogP contribution < -0.4 is 4.74 Å². The summed E-state index contributed by atoms with van der Waals surface area (Å²) >= 11 is 5.50. The maximum Gasteiger partial charge on any atom is 0.280 e. The van der Waals surface area contributed by atoms with E-state index in [4.69, 9.17) is 16.3 Å². The fraction of sp³-hybridized carbons (Fsp3) is 0.375. The minimum atomic E-state index is -2.60. The van der Waals surface area contributed by atoms with Gasteiger partial charge in [-0.1, -0.05) is 0 Å². The van der Waals surface area contributed by atoms with Crippen LogP contribution in [0.1, 0.15) is 17.7 Å². The lowest BCUT2D eigenvalue weighted by molar-refractivity contribution is 0.145. The Morgan fingerprint density at radius 3 is 2.69 bits per heavy atom. The molecule has 0 unspecified atom stereocenters. The standard InChI is InChI=1S/C8H8ClF2NO/c1-13-7-3-5(4-9)2-6(12-7)8(10)11/h2-3,8H,4H2,1H3. The highest BCUT2D eigenvalue weighted by molar-refractivity contribution is 6.17. The molecule has 0 atom stereocenters. The fourth-order valence-electron chi connectivity index (χ4n) is 0.876. The number of methoxy groups -OCH3 is 1. The molecule has 1 heterocycles. The molecular formula is C8H8ClF2NO. The Hall–Kier alpha value is -0.900. The molecule has 0 aliphatic rings. The summed E-state index contributed by atoms with van der Waals surface area (Å²) in [6.07, 6.45) is -2.60. The molecular weight excluding hydrogens is 200 g/mol. The number of hydrogen-bond donors (Lipinski definition) is 0. The fourth-order valence-corrected chi connectivity index (χ4v) is 1.03. The number of rotatable bonds is 3. The molecule has 1 aromatic rings. The van der Waals surface area contributed by atoms with Crippen molar-refractivity contribution in [3.05, 3.63) is 23.4 Å². The highest BCUT2D eigenvalue weighted by atomic mass is 35.5. The molecule has 13 heavy (non-hydrogen) atoms. The average Bonchev–Trinajstić information content (AvgIpc) is 2.16. The molecule has 0 radical (unpaired) electrons. The first kappa shape index (κ1) is 10.2. The summed E-state index contributed by atoms with van der Waals surface area (Å²) in [6, 6.07) is 2.79. The van der Waals surface area contributed by atoms with Gasteiger partial charge in [0, 0.05) is 11.9 Å². The van der Waals surface area contributed by atoms with Crippen LogP contribution >= 0.6 is 11.6 Å². The van der Waals surface area contributed by atoms with Crippen molar-refractivity contribution in [2.75, 3.05) is 7.11 Å². The van der Waals surface area contributed by atoms with Gasteiger partial charge in [-0.15, -0.1) is 11.6 Å². The molecule has 5 heteroatoms. The van der Waals surface area contributed by atoms with Crippen LogP contribution in [0.15, 0.2) is 12.1 Å². The minimum absolute atomic E-state index is 0.161. The van der Waals surface area contributed by atoms with Crippen molar-refractivity contribution < 1.29 is 13.5 Å². The molecule has 0 saturated carbocycles. The molecule has 0 aliphatic carbocycles. The highest BCUT2D eigenvalue weighted by Crippen LogP contribution is 2.22. The van der Waals surface area contributed by atoms with Gasteiger partial charge in [0.15, 0.2) is 0 Å². The zero-order valence-corrected chi connectivity index (χ0v) is 7.68. The van der Waals surface area contributed by atoms with E-state index in [1.807, 2.05) is 0 Å².